The lowest BCUT2D eigenvalue weighted by Crippen LogP contribution is -1.78. The molecule has 0 aliphatic carbocycles. The maximum absolute atomic E-state index is 5.91. The van der Waals surface area contributed by atoms with Crippen LogP contribution in [-0.2, 0) is 6.42 Å². The van der Waals surface area contributed by atoms with Gasteiger partial charge < -0.3 is 0 Å². The maximum Gasteiger partial charge on any atom is 0.0420 e. The van der Waals surface area contributed by atoms with Crippen molar-refractivity contribution in [3.63, 3.8) is 0 Å². The smallest absolute Gasteiger partial charge is 0.0420 e. The van der Waals surface area contributed by atoms with Crippen LogP contribution in [-0.4, -0.2) is 0 Å². The predicted octanol–water partition coefficient (Wildman–Crippen LogP) is 4.51. The van der Waals surface area contributed by atoms with Gasteiger partial charge in [0.05, 0.1) is 0 Å². The molecule has 0 nitrogen and oxygen atoms in total. The first kappa shape index (κ1) is 9.04. The molecule has 0 aliphatic heterocycles. The molecule has 0 spiro atoms. The average Bonchev–Trinajstić information content (AvgIpc) is 2.49. The molecular formula is C11H11ClS. The van der Waals surface area contributed by atoms with Crippen LogP contribution in [0.15, 0.2) is 23.6 Å². The molecule has 0 saturated heterocycles. The number of halogens is 1. The summed E-state index contributed by atoms with van der Waals surface area (Å²) in [4.78, 5) is 0. The minimum absolute atomic E-state index is 0.831. The summed E-state index contributed by atoms with van der Waals surface area (Å²) in [5.41, 5.74) is 1.46. The summed E-state index contributed by atoms with van der Waals surface area (Å²) in [5.74, 6) is 0. The van der Waals surface area contributed by atoms with Gasteiger partial charge in [-0.05, 0) is 34.9 Å². The van der Waals surface area contributed by atoms with Crippen molar-refractivity contribution in [1.29, 1.82) is 0 Å². The van der Waals surface area contributed by atoms with Crippen molar-refractivity contribution in [3.8, 4) is 0 Å². The molecule has 0 N–H and O–H groups in total. The van der Waals surface area contributed by atoms with E-state index in [2.05, 4.69) is 18.4 Å². The van der Waals surface area contributed by atoms with E-state index in [9.17, 15) is 0 Å². The van der Waals surface area contributed by atoms with Crippen molar-refractivity contribution in [3.05, 3.63) is 34.2 Å². The minimum atomic E-state index is 0.831. The third kappa shape index (κ3) is 1.72. The van der Waals surface area contributed by atoms with Gasteiger partial charge in [0.2, 0.25) is 0 Å². The Kier molecular flexibility index (Phi) is 2.56. The van der Waals surface area contributed by atoms with Gasteiger partial charge in [0.1, 0.15) is 0 Å². The second-order valence-electron chi connectivity index (χ2n) is 3.15. The molecule has 1 aromatic carbocycles. The third-order valence-corrected chi connectivity index (χ3v) is 3.37. The van der Waals surface area contributed by atoms with Gasteiger partial charge in [-0.2, -0.15) is 0 Å². The summed E-state index contributed by atoms with van der Waals surface area (Å²) in [7, 11) is 0. The molecule has 0 fully saturated rings. The van der Waals surface area contributed by atoms with Gasteiger partial charge in [-0.1, -0.05) is 31.0 Å². The third-order valence-electron chi connectivity index (χ3n) is 2.14. The van der Waals surface area contributed by atoms with Crippen LogP contribution in [0.5, 0.6) is 0 Å². The zero-order chi connectivity index (χ0) is 9.26. The van der Waals surface area contributed by atoms with E-state index in [1.54, 1.807) is 11.3 Å². The Labute approximate surface area is 87.2 Å². The Morgan fingerprint density at radius 3 is 3.00 bits per heavy atom. The summed E-state index contributed by atoms with van der Waals surface area (Å²) in [5, 5.41) is 4.44. The first-order chi connectivity index (χ1) is 6.31. The Morgan fingerprint density at radius 1 is 1.38 bits per heavy atom. The molecule has 0 unspecified atom stereocenters. The fourth-order valence-electron chi connectivity index (χ4n) is 1.52. The lowest BCUT2D eigenvalue weighted by Gasteiger charge is -1.95. The van der Waals surface area contributed by atoms with Gasteiger partial charge in [-0.3, -0.25) is 0 Å². The second kappa shape index (κ2) is 3.69. The van der Waals surface area contributed by atoms with Crippen LogP contribution in [0.4, 0.5) is 0 Å². The first-order valence-corrected chi connectivity index (χ1v) is 5.72. The van der Waals surface area contributed by atoms with Crippen LogP contribution < -0.4 is 0 Å². The Bertz CT molecular complexity index is 417. The Hall–Kier alpha value is -0.530. The molecule has 0 aliphatic rings. The van der Waals surface area contributed by atoms with E-state index in [0.717, 1.165) is 5.02 Å². The molecule has 1 heterocycles. The standard InChI is InChI=1S/C11H11ClS/c1-2-3-8-7-13-11-6-9(12)4-5-10(8)11/h4-7H,2-3H2,1H3. The van der Waals surface area contributed by atoms with Crippen LogP contribution in [0.1, 0.15) is 18.9 Å². The number of benzene rings is 1. The van der Waals surface area contributed by atoms with Gasteiger partial charge in [0, 0.05) is 9.72 Å². The molecule has 0 atom stereocenters. The fourth-order valence-corrected chi connectivity index (χ4v) is 2.79. The van der Waals surface area contributed by atoms with Gasteiger partial charge in [0.25, 0.3) is 0 Å². The molecular weight excluding hydrogens is 200 g/mol. The van der Waals surface area contributed by atoms with Crippen molar-refractivity contribution in [2.24, 2.45) is 0 Å². The largest absolute Gasteiger partial charge is 0.143 e. The minimum Gasteiger partial charge on any atom is -0.143 e. The Morgan fingerprint density at radius 2 is 2.23 bits per heavy atom. The number of rotatable bonds is 2. The van der Waals surface area contributed by atoms with E-state index in [0.29, 0.717) is 0 Å². The van der Waals surface area contributed by atoms with E-state index in [1.807, 2.05) is 12.1 Å². The quantitative estimate of drug-likeness (QED) is 0.685. The van der Waals surface area contributed by atoms with Crippen LogP contribution in [0, 0.1) is 0 Å². The van der Waals surface area contributed by atoms with Crippen LogP contribution in [0.2, 0.25) is 5.02 Å². The van der Waals surface area contributed by atoms with Crippen LogP contribution in [0.3, 0.4) is 0 Å². The van der Waals surface area contributed by atoms with Gasteiger partial charge >= 0.3 is 0 Å². The second-order valence-corrected chi connectivity index (χ2v) is 4.50. The van der Waals surface area contributed by atoms with E-state index >= 15 is 0 Å². The van der Waals surface area contributed by atoms with Gasteiger partial charge in [0.15, 0.2) is 0 Å². The number of fused-ring (bicyclic) bond motifs is 1. The molecule has 13 heavy (non-hydrogen) atoms. The molecule has 0 amide bonds. The number of thiophene rings is 1. The Balaban J connectivity index is 2.55. The van der Waals surface area contributed by atoms with E-state index in [1.165, 1.54) is 28.5 Å². The highest BCUT2D eigenvalue weighted by molar-refractivity contribution is 7.17. The number of aryl methyl sites for hydroxylation is 1. The lowest BCUT2D eigenvalue weighted by molar-refractivity contribution is 0.933. The fraction of sp³-hybridized carbons (Fsp3) is 0.273. The normalized spacial score (nSPS) is 10.9. The lowest BCUT2D eigenvalue weighted by atomic mass is 10.1. The number of hydrogen-bond acceptors (Lipinski definition) is 1. The van der Waals surface area contributed by atoms with Crippen LogP contribution >= 0.6 is 22.9 Å². The zero-order valence-corrected chi connectivity index (χ0v) is 9.08. The van der Waals surface area contributed by atoms with E-state index < -0.39 is 0 Å². The van der Waals surface area contributed by atoms with Crippen molar-refractivity contribution in [2.45, 2.75) is 19.8 Å². The SMILES string of the molecule is CCCc1csc2cc(Cl)ccc12. The van der Waals surface area contributed by atoms with Gasteiger partial charge in [-0.25, -0.2) is 0 Å². The molecule has 68 valence electrons. The average molecular weight is 211 g/mol. The summed E-state index contributed by atoms with van der Waals surface area (Å²) in [6, 6.07) is 6.13. The molecule has 0 saturated carbocycles. The molecule has 2 rings (SSSR count). The highest BCUT2D eigenvalue weighted by Gasteiger charge is 2.02. The molecule has 2 aromatic rings. The summed E-state index contributed by atoms with van der Waals surface area (Å²) in [6.07, 6.45) is 2.37. The van der Waals surface area contributed by atoms with E-state index in [4.69, 9.17) is 11.6 Å². The molecule has 0 radical (unpaired) electrons. The topological polar surface area (TPSA) is 0 Å². The predicted molar refractivity (Wildman–Crippen MR) is 60.8 cm³/mol. The summed E-state index contributed by atoms with van der Waals surface area (Å²) >= 11 is 7.70. The van der Waals surface area contributed by atoms with Crippen molar-refractivity contribution < 1.29 is 0 Å². The maximum atomic E-state index is 5.91. The first-order valence-electron chi connectivity index (χ1n) is 4.47. The van der Waals surface area contributed by atoms with Crippen molar-refractivity contribution in [1.82, 2.24) is 0 Å². The monoisotopic (exact) mass is 210 g/mol. The summed E-state index contributed by atoms with van der Waals surface area (Å²) < 4.78 is 1.30. The highest BCUT2D eigenvalue weighted by Crippen LogP contribution is 2.29. The zero-order valence-electron chi connectivity index (χ0n) is 7.51. The van der Waals surface area contributed by atoms with Crippen molar-refractivity contribution in [2.75, 3.05) is 0 Å². The van der Waals surface area contributed by atoms with Gasteiger partial charge in [-0.15, -0.1) is 11.3 Å². The van der Waals surface area contributed by atoms with Crippen LogP contribution in [0.25, 0.3) is 10.1 Å². The summed E-state index contributed by atoms with van der Waals surface area (Å²) in [6.45, 7) is 2.21. The molecule has 2 heteroatoms. The van der Waals surface area contributed by atoms with E-state index in [-0.39, 0.29) is 0 Å². The molecule has 0 bridgehead atoms. The number of hydrogen-bond donors (Lipinski definition) is 0. The van der Waals surface area contributed by atoms with Crippen molar-refractivity contribution >= 4 is 33.0 Å². The highest BCUT2D eigenvalue weighted by atomic mass is 35.5. The molecule has 1 aromatic heterocycles.